The van der Waals surface area contributed by atoms with Crippen molar-refractivity contribution in [3.63, 3.8) is 0 Å². The van der Waals surface area contributed by atoms with Gasteiger partial charge in [-0.15, -0.1) is 11.3 Å². The van der Waals surface area contributed by atoms with Crippen LogP contribution in [0.4, 0.5) is 5.82 Å². The highest BCUT2D eigenvalue weighted by atomic mass is 32.1. The molecule has 4 heteroatoms. The van der Waals surface area contributed by atoms with Gasteiger partial charge in [0.2, 0.25) is 0 Å². The van der Waals surface area contributed by atoms with Crippen molar-refractivity contribution in [3.05, 3.63) is 39.5 Å². The minimum absolute atomic E-state index is 0.271. The van der Waals surface area contributed by atoms with Crippen molar-refractivity contribution in [1.82, 2.24) is 9.97 Å². The van der Waals surface area contributed by atoms with Gasteiger partial charge in [0.1, 0.15) is 11.6 Å². The molecule has 1 atom stereocenters. The molecule has 0 saturated heterocycles. The third-order valence-corrected chi connectivity index (χ3v) is 4.12. The monoisotopic (exact) mass is 275 g/mol. The normalized spacial score (nSPS) is 12.7. The minimum atomic E-state index is 0.271. The second-order valence-corrected chi connectivity index (χ2v) is 6.54. The summed E-state index contributed by atoms with van der Waals surface area (Å²) < 4.78 is 0. The molecule has 0 fully saturated rings. The second-order valence-electron chi connectivity index (χ2n) is 5.22. The fourth-order valence-electron chi connectivity index (χ4n) is 1.90. The molecular weight excluding hydrogens is 254 g/mol. The zero-order valence-corrected chi connectivity index (χ0v) is 13.0. The summed E-state index contributed by atoms with van der Waals surface area (Å²) in [5, 5.41) is 3.47. The molecule has 2 aromatic rings. The van der Waals surface area contributed by atoms with Gasteiger partial charge in [-0.1, -0.05) is 13.8 Å². The van der Waals surface area contributed by atoms with Crippen molar-refractivity contribution >= 4 is 17.2 Å². The quantitative estimate of drug-likeness (QED) is 0.895. The molecule has 0 aliphatic heterocycles. The molecule has 0 aliphatic carbocycles. The Morgan fingerprint density at radius 2 is 1.84 bits per heavy atom. The van der Waals surface area contributed by atoms with Gasteiger partial charge in [0, 0.05) is 27.4 Å². The third kappa shape index (κ3) is 3.53. The molecule has 0 aliphatic rings. The van der Waals surface area contributed by atoms with Crippen molar-refractivity contribution in [1.29, 1.82) is 0 Å². The largest absolute Gasteiger partial charge is 0.363 e. The van der Waals surface area contributed by atoms with Crippen molar-refractivity contribution in [2.45, 2.75) is 46.6 Å². The van der Waals surface area contributed by atoms with Crippen LogP contribution in [0.2, 0.25) is 0 Å². The first-order valence-corrected chi connectivity index (χ1v) is 7.46. The van der Waals surface area contributed by atoms with Crippen LogP contribution in [0.15, 0.2) is 18.2 Å². The maximum absolute atomic E-state index is 4.59. The van der Waals surface area contributed by atoms with E-state index in [-0.39, 0.29) is 6.04 Å². The van der Waals surface area contributed by atoms with E-state index in [0.29, 0.717) is 5.92 Å². The molecule has 1 unspecified atom stereocenters. The van der Waals surface area contributed by atoms with Crippen LogP contribution in [-0.4, -0.2) is 9.97 Å². The van der Waals surface area contributed by atoms with Crippen LogP contribution in [0.25, 0.3) is 0 Å². The Balaban J connectivity index is 2.18. The van der Waals surface area contributed by atoms with E-state index in [4.69, 9.17) is 0 Å². The molecule has 2 heterocycles. The Hall–Kier alpha value is -1.42. The van der Waals surface area contributed by atoms with E-state index in [2.05, 4.69) is 55.1 Å². The molecule has 1 N–H and O–H groups in total. The molecule has 2 rings (SSSR count). The highest BCUT2D eigenvalue weighted by Gasteiger charge is 2.11. The number of nitrogens with zero attached hydrogens (tertiary/aromatic N) is 2. The van der Waals surface area contributed by atoms with Gasteiger partial charge in [0.05, 0.1) is 6.04 Å². The molecule has 3 nitrogen and oxygen atoms in total. The number of rotatable bonds is 4. The van der Waals surface area contributed by atoms with Crippen LogP contribution in [0.1, 0.15) is 54.0 Å². The van der Waals surface area contributed by atoms with Gasteiger partial charge in [-0.2, -0.15) is 0 Å². The summed E-state index contributed by atoms with van der Waals surface area (Å²) in [7, 11) is 0. The average molecular weight is 275 g/mol. The summed E-state index contributed by atoms with van der Waals surface area (Å²) in [4.78, 5) is 11.7. The summed E-state index contributed by atoms with van der Waals surface area (Å²) in [5.41, 5.74) is 1.01. The SMILES string of the molecule is Cc1cc(NC(C)c2ccc(C)s2)nc(C(C)C)n1. The van der Waals surface area contributed by atoms with E-state index >= 15 is 0 Å². The van der Waals surface area contributed by atoms with Crippen LogP contribution in [-0.2, 0) is 0 Å². The van der Waals surface area contributed by atoms with Crippen LogP contribution < -0.4 is 5.32 Å². The summed E-state index contributed by atoms with van der Waals surface area (Å²) in [6.45, 7) is 10.5. The Morgan fingerprint density at radius 3 is 2.42 bits per heavy atom. The lowest BCUT2D eigenvalue weighted by Crippen LogP contribution is -2.09. The first-order chi connectivity index (χ1) is 8.95. The Kier molecular flexibility index (Phi) is 4.20. The Labute approximate surface area is 119 Å². The minimum Gasteiger partial charge on any atom is -0.363 e. The lowest BCUT2D eigenvalue weighted by molar-refractivity contribution is 0.762. The number of hydrogen-bond acceptors (Lipinski definition) is 4. The van der Waals surface area contributed by atoms with Gasteiger partial charge < -0.3 is 5.32 Å². The average Bonchev–Trinajstić information content (AvgIpc) is 2.75. The van der Waals surface area contributed by atoms with Crippen LogP contribution in [0, 0.1) is 13.8 Å². The smallest absolute Gasteiger partial charge is 0.133 e. The first-order valence-electron chi connectivity index (χ1n) is 6.64. The number of nitrogens with one attached hydrogen (secondary N) is 1. The van der Waals surface area contributed by atoms with E-state index in [1.807, 2.05) is 24.3 Å². The summed E-state index contributed by atoms with van der Waals surface area (Å²) in [6, 6.07) is 6.61. The standard InChI is InChI=1S/C15H21N3S/c1-9(2)15-16-10(3)8-14(18-15)17-12(5)13-7-6-11(4)19-13/h6-9,12H,1-5H3,(H,16,17,18). The van der Waals surface area contributed by atoms with Crippen LogP contribution in [0.3, 0.4) is 0 Å². The molecule has 0 amide bonds. The number of anilines is 1. The zero-order chi connectivity index (χ0) is 14.0. The third-order valence-electron chi connectivity index (χ3n) is 2.94. The van der Waals surface area contributed by atoms with E-state index in [9.17, 15) is 0 Å². The predicted octanol–water partition coefficient (Wildman–Crippen LogP) is 4.45. The van der Waals surface area contributed by atoms with Crippen LogP contribution in [0.5, 0.6) is 0 Å². The number of aryl methyl sites for hydroxylation is 2. The van der Waals surface area contributed by atoms with Crippen molar-refractivity contribution in [2.75, 3.05) is 5.32 Å². The molecule has 0 radical (unpaired) electrons. The summed E-state index contributed by atoms with van der Waals surface area (Å²) in [6.07, 6.45) is 0. The fraction of sp³-hybridized carbons (Fsp3) is 0.467. The van der Waals surface area contributed by atoms with Gasteiger partial charge in [0.15, 0.2) is 0 Å². The molecule has 0 aromatic carbocycles. The lowest BCUT2D eigenvalue weighted by atomic mass is 10.2. The predicted molar refractivity (Wildman–Crippen MR) is 82.0 cm³/mol. The highest BCUT2D eigenvalue weighted by molar-refractivity contribution is 7.12. The van der Waals surface area contributed by atoms with Gasteiger partial charge in [-0.3, -0.25) is 0 Å². The molecule has 0 spiro atoms. The Morgan fingerprint density at radius 1 is 1.11 bits per heavy atom. The summed E-state index contributed by atoms with van der Waals surface area (Å²) >= 11 is 1.82. The first kappa shape index (κ1) is 14.0. The maximum Gasteiger partial charge on any atom is 0.133 e. The van der Waals surface area contributed by atoms with Crippen LogP contribution >= 0.6 is 11.3 Å². The van der Waals surface area contributed by atoms with E-state index in [1.165, 1.54) is 9.75 Å². The Bertz CT molecular complexity index is 560. The summed E-state index contributed by atoms with van der Waals surface area (Å²) in [5.74, 6) is 2.16. The molecule has 102 valence electrons. The zero-order valence-electron chi connectivity index (χ0n) is 12.2. The lowest BCUT2D eigenvalue weighted by Gasteiger charge is -2.15. The molecule has 19 heavy (non-hydrogen) atoms. The van der Waals surface area contributed by atoms with E-state index < -0.39 is 0 Å². The second kappa shape index (κ2) is 5.70. The van der Waals surface area contributed by atoms with Gasteiger partial charge in [-0.05, 0) is 32.9 Å². The molecule has 2 aromatic heterocycles. The molecule has 0 saturated carbocycles. The van der Waals surface area contributed by atoms with E-state index in [1.54, 1.807) is 0 Å². The highest BCUT2D eigenvalue weighted by Crippen LogP contribution is 2.25. The van der Waals surface area contributed by atoms with Crippen molar-refractivity contribution in [3.8, 4) is 0 Å². The van der Waals surface area contributed by atoms with Crippen molar-refractivity contribution < 1.29 is 0 Å². The number of hydrogen-bond donors (Lipinski definition) is 1. The number of aromatic nitrogens is 2. The molecular formula is C15H21N3S. The van der Waals surface area contributed by atoms with Gasteiger partial charge in [0.25, 0.3) is 0 Å². The van der Waals surface area contributed by atoms with Crippen molar-refractivity contribution in [2.24, 2.45) is 0 Å². The van der Waals surface area contributed by atoms with Gasteiger partial charge >= 0.3 is 0 Å². The van der Waals surface area contributed by atoms with Gasteiger partial charge in [-0.25, -0.2) is 9.97 Å². The molecule has 0 bridgehead atoms. The van der Waals surface area contributed by atoms with E-state index in [0.717, 1.165) is 17.3 Å². The fourth-order valence-corrected chi connectivity index (χ4v) is 2.78. The topological polar surface area (TPSA) is 37.8 Å². The number of thiophene rings is 1. The maximum atomic E-state index is 4.59.